The van der Waals surface area contributed by atoms with Crippen molar-refractivity contribution in [2.24, 2.45) is 22.7 Å². The molecule has 3 fully saturated rings. The zero-order valence-electron chi connectivity index (χ0n) is 14.4. The Morgan fingerprint density at radius 3 is 2.35 bits per heavy atom. The summed E-state index contributed by atoms with van der Waals surface area (Å²) in [7, 11) is 2.13. The van der Waals surface area contributed by atoms with Crippen LogP contribution in [0, 0.1) is 22.7 Å². The van der Waals surface area contributed by atoms with E-state index in [0.29, 0.717) is 22.9 Å². The monoisotopic (exact) mass is 278 g/mol. The van der Waals surface area contributed by atoms with E-state index in [9.17, 15) is 0 Å². The molecule has 1 aliphatic heterocycles. The van der Waals surface area contributed by atoms with Gasteiger partial charge in [-0.25, -0.2) is 0 Å². The molecule has 0 amide bonds. The van der Waals surface area contributed by atoms with Crippen LogP contribution in [0.2, 0.25) is 0 Å². The van der Waals surface area contributed by atoms with Crippen molar-refractivity contribution in [1.29, 1.82) is 0 Å². The van der Waals surface area contributed by atoms with Gasteiger partial charge in [-0.05, 0) is 62.3 Å². The second-order valence-electron chi connectivity index (χ2n) is 8.84. The third kappa shape index (κ3) is 1.90. The molecule has 3 rings (SSSR count). The number of fused-ring (bicyclic) bond motifs is 2. The summed E-state index contributed by atoms with van der Waals surface area (Å²) in [5.41, 5.74) is 1.09. The SMILES string of the molecule is CNC1CCN(C2C3(C)CCC(C3)C2(C)C)C(C)C1C. The zero-order chi connectivity index (χ0) is 14.7. The van der Waals surface area contributed by atoms with Gasteiger partial charge in [-0.2, -0.15) is 0 Å². The summed E-state index contributed by atoms with van der Waals surface area (Å²) in [6, 6.07) is 2.21. The zero-order valence-corrected chi connectivity index (χ0v) is 14.4. The summed E-state index contributed by atoms with van der Waals surface area (Å²) < 4.78 is 0. The lowest BCUT2D eigenvalue weighted by molar-refractivity contribution is -0.0529. The molecule has 2 saturated carbocycles. The van der Waals surface area contributed by atoms with Gasteiger partial charge in [0, 0.05) is 24.7 Å². The van der Waals surface area contributed by atoms with E-state index < -0.39 is 0 Å². The maximum Gasteiger partial charge on any atom is 0.0206 e. The molecule has 1 N–H and O–H groups in total. The van der Waals surface area contributed by atoms with Gasteiger partial charge in [0.2, 0.25) is 0 Å². The lowest BCUT2D eigenvalue weighted by Gasteiger charge is -2.55. The van der Waals surface area contributed by atoms with Gasteiger partial charge < -0.3 is 5.32 Å². The van der Waals surface area contributed by atoms with E-state index in [1.165, 1.54) is 32.2 Å². The van der Waals surface area contributed by atoms with Crippen molar-refractivity contribution in [1.82, 2.24) is 10.2 Å². The first-order valence-electron chi connectivity index (χ1n) is 8.74. The molecule has 116 valence electrons. The van der Waals surface area contributed by atoms with Crippen LogP contribution < -0.4 is 5.32 Å². The van der Waals surface area contributed by atoms with Crippen molar-refractivity contribution in [3.8, 4) is 0 Å². The maximum absolute atomic E-state index is 3.53. The van der Waals surface area contributed by atoms with Crippen molar-refractivity contribution in [3.05, 3.63) is 0 Å². The Kier molecular flexibility index (Phi) is 3.49. The fourth-order valence-corrected chi connectivity index (χ4v) is 6.27. The molecule has 2 heteroatoms. The smallest absolute Gasteiger partial charge is 0.0206 e. The molecule has 6 unspecified atom stereocenters. The highest BCUT2D eigenvalue weighted by Crippen LogP contribution is 2.64. The van der Waals surface area contributed by atoms with Crippen LogP contribution in [-0.2, 0) is 0 Å². The van der Waals surface area contributed by atoms with Gasteiger partial charge in [0.1, 0.15) is 0 Å². The number of hydrogen-bond donors (Lipinski definition) is 1. The van der Waals surface area contributed by atoms with Crippen LogP contribution in [0.3, 0.4) is 0 Å². The standard InChI is InChI=1S/C18H34N2/c1-12-13(2)20(10-8-15(12)19-6)16-17(3,4)14-7-9-18(16,5)11-14/h12-16,19H,7-11H2,1-6H3. The molecule has 0 spiro atoms. The van der Waals surface area contributed by atoms with E-state index in [1.807, 2.05) is 0 Å². The van der Waals surface area contributed by atoms with Crippen molar-refractivity contribution < 1.29 is 0 Å². The molecule has 0 radical (unpaired) electrons. The van der Waals surface area contributed by atoms with Crippen LogP contribution in [-0.4, -0.2) is 36.6 Å². The van der Waals surface area contributed by atoms with Gasteiger partial charge in [-0.15, -0.1) is 0 Å². The van der Waals surface area contributed by atoms with Crippen LogP contribution in [0.1, 0.15) is 60.3 Å². The summed E-state index contributed by atoms with van der Waals surface area (Å²) in [6.07, 6.45) is 5.71. The molecule has 2 bridgehead atoms. The molecule has 3 aliphatic rings. The first-order chi connectivity index (χ1) is 9.31. The molecule has 2 aliphatic carbocycles. The Morgan fingerprint density at radius 2 is 1.80 bits per heavy atom. The van der Waals surface area contributed by atoms with E-state index in [-0.39, 0.29) is 0 Å². The summed E-state index contributed by atoms with van der Waals surface area (Å²) in [4.78, 5) is 2.90. The number of nitrogens with zero attached hydrogens (tertiary/aromatic N) is 1. The van der Waals surface area contributed by atoms with E-state index in [0.717, 1.165) is 17.9 Å². The highest BCUT2D eigenvalue weighted by Gasteiger charge is 2.62. The largest absolute Gasteiger partial charge is 0.317 e. The fraction of sp³-hybridized carbons (Fsp3) is 1.00. The third-order valence-corrected chi connectivity index (χ3v) is 7.51. The van der Waals surface area contributed by atoms with E-state index in [1.54, 1.807) is 0 Å². The van der Waals surface area contributed by atoms with Crippen molar-refractivity contribution in [2.75, 3.05) is 13.6 Å². The normalized spacial score (nSPS) is 51.6. The van der Waals surface area contributed by atoms with Gasteiger partial charge in [0.05, 0.1) is 0 Å². The minimum Gasteiger partial charge on any atom is -0.317 e. The molecule has 0 aromatic heterocycles. The summed E-state index contributed by atoms with van der Waals surface area (Å²) in [5, 5.41) is 3.53. The molecular weight excluding hydrogens is 244 g/mol. The van der Waals surface area contributed by atoms with Crippen LogP contribution in [0.4, 0.5) is 0 Å². The third-order valence-electron chi connectivity index (χ3n) is 7.51. The van der Waals surface area contributed by atoms with Gasteiger partial charge in [0.25, 0.3) is 0 Å². The predicted molar refractivity (Wildman–Crippen MR) is 85.8 cm³/mol. The Morgan fingerprint density at radius 1 is 1.10 bits per heavy atom. The van der Waals surface area contributed by atoms with Gasteiger partial charge in [0.15, 0.2) is 0 Å². The van der Waals surface area contributed by atoms with Crippen LogP contribution in [0.15, 0.2) is 0 Å². The minimum atomic E-state index is 0.507. The van der Waals surface area contributed by atoms with E-state index in [2.05, 4.69) is 51.9 Å². The average Bonchev–Trinajstić information content (AvgIpc) is 2.86. The lowest BCUT2D eigenvalue weighted by Crippen LogP contribution is -2.62. The minimum absolute atomic E-state index is 0.507. The van der Waals surface area contributed by atoms with E-state index in [4.69, 9.17) is 0 Å². The van der Waals surface area contributed by atoms with Gasteiger partial charge in [-0.1, -0.05) is 27.7 Å². The Hall–Kier alpha value is -0.0800. The number of piperidine rings is 1. The molecular formula is C18H34N2. The van der Waals surface area contributed by atoms with Crippen molar-refractivity contribution in [2.45, 2.75) is 78.4 Å². The van der Waals surface area contributed by atoms with E-state index >= 15 is 0 Å². The molecule has 0 aromatic rings. The highest BCUT2D eigenvalue weighted by atomic mass is 15.2. The number of rotatable bonds is 2. The lowest BCUT2D eigenvalue weighted by atomic mass is 9.66. The van der Waals surface area contributed by atoms with Crippen molar-refractivity contribution >= 4 is 0 Å². The Labute approximate surface area is 125 Å². The second-order valence-corrected chi connectivity index (χ2v) is 8.84. The molecule has 1 heterocycles. The quantitative estimate of drug-likeness (QED) is 0.831. The molecule has 6 atom stereocenters. The topological polar surface area (TPSA) is 15.3 Å². The fourth-order valence-electron chi connectivity index (χ4n) is 6.27. The maximum atomic E-state index is 3.53. The first kappa shape index (κ1) is 14.8. The highest BCUT2D eigenvalue weighted by molar-refractivity contribution is 5.14. The molecule has 1 saturated heterocycles. The summed E-state index contributed by atoms with van der Waals surface area (Å²) >= 11 is 0. The number of nitrogens with one attached hydrogen (secondary N) is 1. The molecule has 0 aromatic carbocycles. The molecule has 2 nitrogen and oxygen atoms in total. The van der Waals surface area contributed by atoms with Crippen LogP contribution in [0.25, 0.3) is 0 Å². The number of hydrogen-bond acceptors (Lipinski definition) is 2. The Bertz CT molecular complexity index is 373. The summed E-state index contributed by atoms with van der Waals surface area (Å²) in [6.45, 7) is 13.9. The van der Waals surface area contributed by atoms with Gasteiger partial charge >= 0.3 is 0 Å². The second kappa shape index (κ2) is 4.71. The Balaban J connectivity index is 1.86. The average molecular weight is 278 g/mol. The molecule has 20 heavy (non-hydrogen) atoms. The van der Waals surface area contributed by atoms with Crippen LogP contribution in [0.5, 0.6) is 0 Å². The van der Waals surface area contributed by atoms with Gasteiger partial charge in [-0.3, -0.25) is 4.90 Å². The van der Waals surface area contributed by atoms with Crippen LogP contribution >= 0.6 is 0 Å². The van der Waals surface area contributed by atoms with Crippen molar-refractivity contribution in [3.63, 3.8) is 0 Å². The number of likely N-dealkylation sites (tertiary alicyclic amines) is 1. The predicted octanol–water partition coefficient (Wildman–Crippen LogP) is 3.52. The summed E-state index contributed by atoms with van der Waals surface area (Å²) in [5.74, 6) is 1.72. The first-order valence-corrected chi connectivity index (χ1v) is 8.74.